The zero-order valence-electron chi connectivity index (χ0n) is 24.5. The fraction of sp³-hybridized carbons (Fsp3) is 0.286. The molecule has 0 saturated carbocycles. The van der Waals surface area contributed by atoms with Gasteiger partial charge in [0.05, 0.1) is 10.6 Å². The second-order valence-electron chi connectivity index (χ2n) is 10.7. The van der Waals surface area contributed by atoms with Gasteiger partial charge in [0.25, 0.3) is 5.91 Å². The Bertz CT molecular complexity index is 1560. The van der Waals surface area contributed by atoms with Crippen molar-refractivity contribution in [1.82, 2.24) is 14.7 Å². The third-order valence-electron chi connectivity index (χ3n) is 7.54. The average molecular weight is 596 g/mol. The van der Waals surface area contributed by atoms with Crippen molar-refractivity contribution in [2.24, 2.45) is 5.92 Å². The van der Waals surface area contributed by atoms with Gasteiger partial charge in [-0.1, -0.05) is 117 Å². The Morgan fingerprint density at radius 1 is 1.02 bits per heavy atom. The summed E-state index contributed by atoms with van der Waals surface area (Å²) in [7, 11) is 0. The number of nitrogens with zero attached hydrogens (tertiary/aromatic N) is 3. The Balaban J connectivity index is 1.44. The van der Waals surface area contributed by atoms with Crippen molar-refractivity contribution in [1.29, 1.82) is 0 Å². The van der Waals surface area contributed by atoms with Gasteiger partial charge in [-0.25, -0.2) is 4.68 Å². The molecule has 0 aliphatic carbocycles. The molecule has 1 unspecified atom stereocenters. The van der Waals surface area contributed by atoms with Crippen LogP contribution in [-0.4, -0.2) is 31.5 Å². The van der Waals surface area contributed by atoms with Crippen LogP contribution in [0.1, 0.15) is 56.2 Å². The lowest BCUT2D eigenvalue weighted by Crippen LogP contribution is -2.33. The molecular formula is C35H37N3O2S2. The molecule has 7 heteroatoms. The molecule has 4 aromatic rings. The average Bonchev–Trinajstić information content (AvgIpc) is 3.55. The molecule has 1 fully saturated rings. The first-order chi connectivity index (χ1) is 20.4. The highest BCUT2D eigenvalue weighted by atomic mass is 32.2. The van der Waals surface area contributed by atoms with Crippen molar-refractivity contribution in [2.75, 3.05) is 6.54 Å². The molecule has 5 nitrogen and oxygen atoms in total. The summed E-state index contributed by atoms with van der Waals surface area (Å²) in [6.07, 6.45) is 8.38. The quantitative estimate of drug-likeness (QED) is 0.121. The monoisotopic (exact) mass is 595 g/mol. The van der Waals surface area contributed by atoms with Crippen molar-refractivity contribution in [3.63, 3.8) is 0 Å². The molecule has 0 spiro atoms. The van der Waals surface area contributed by atoms with Crippen molar-refractivity contribution < 1.29 is 9.53 Å². The summed E-state index contributed by atoms with van der Waals surface area (Å²) in [5.74, 6) is 1.19. The number of benzene rings is 3. The van der Waals surface area contributed by atoms with E-state index in [-0.39, 0.29) is 5.91 Å². The van der Waals surface area contributed by atoms with Crippen molar-refractivity contribution in [2.45, 2.75) is 53.1 Å². The van der Waals surface area contributed by atoms with Crippen LogP contribution in [0.2, 0.25) is 0 Å². The second kappa shape index (κ2) is 14.0. The predicted molar refractivity (Wildman–Crippen MR) is 178 cm³/mol. The zero-order valence-corrected chi connectivity index (χ0v) is 26.1. The van der Waals surface area contributed by atoms with Crippen LogP contribution in [0, 0.1) is 12.8 Å². The van der Waals surface area contributed by atoms with Gasteiger partial charge in [-0.15, -0.1) is 0 Å². The van der Waals surface area contributed by atoms with Gasteiger partial charge in [-0.3, -0.25) is 9.69 Å². The van der Waals surface area contributed by atoms with E-state index in [0.717, 1.165) is 53.1 Å². The summed E-state index contributed by atoms with van der Waals surface area (Å²) in [5, 5.41) is 4.97. The highest BCUT2D eigenvalue weighted by Gasteiger charge is 2.33. The van der Waals surface area contributed by atoms with Crippen LogP contribution < -0.4 is 4.74 Å². The highest BCUT2D eigenvalue weighted by Crippen LogP contribution is 2.36. The van der Waals surface area contributed by atoms with Crippen LogP contribution in [0.3, 0.4) is 0 Å². The molecule has 0 radical (unpaired) electrons. The third-order valence-corrected chi connectivity index (χ3v) is 8.92. The number of thiocarbonyl (C=S) groups is 1. The minimum absolute atomic E-state index is 0.0199. The van der Waals surface area contributed by atoms with Crippen LogP contribution in [0.4, 0.5) is 0 Å². The van der Waals surface area contributed by atoms with Gasteiger partial charge in [0.1, 0.15) is 22.4 Å². The lowest BCUT2D eigenvalue weighted by Gasteiger charge is -2.21. The third kappa shape index (κ3) is 7.20. The predicted octanol–water partition coefficient (Wildman–Crippen LogP) is 8.84. The fourth-order valence-corrected chi connectivity index (χ4v) is 6.25. The SMILES string of the molecule is CCCCC(CC)CN1C(=O)/C(=C/c2cn(-c3ccccc3)nc2-c2cccc(OCc3ccc(C)cc3)c2)SC1=S. The Kier molecular flexibility index (Phi) is 9.93. The molecule has 1 saturated heterocycles. The first-order valence-electron chi connectivity index (χ1n) is 14.6. The van der Waals surface area contributed by atoms with Gasteiger partial charge in [-0.2, -0.15) is 5.10 Å². The Morgan fingerprint density at radius 3 is 2.55 bits per heavy atom. The molecule has 216 valence electrons. The zero-order chi connectivity index (χ0) is 29.5. The topological polar surface area (TPSA) is 47.4 Å². The molecule has 1 aliphatic heterocycles. The van der Waals surface area contributed by atoms with E-state index < -0.39 is 0 Å². The molecule has 0 bridgehead atoms. The summed E-state index contributed by atoms with van der Waals surface area (Å²) >= 11 is 7.06. The van der Waals surface area contributed by atoms with Gasteiger partial charge in [-0.05, 0) is 55.2 Å². The molecular weight excluding hydrogens is 559 g/mol. The molecule has 0 N–H and O–H groups in total. The summed E-state index contributed by atoms with van der Waals surface area (Å²) in [5.41, 5.74) is 5.83. The molecule has 42 heavy (non-hydrogen) atoms. The largest absolute Gasteiger partial charge is 0.489 e. The summed E-state index contributed by atoms with van der Waals surface area (Å²) < 4.78 is 8.64. The van der Waals surface area contributed by atoms with E-state index in [4.69, 9.17) is 22.1 Å². The van der Waals surface area contributed by atoms with E-state index in [1.165, 1.54) is 23.7 Å². The minimum atomic E-state index is -0.0199. The molecule has 1 atom stereocenters. The fourth-order valence-electron chi connectivity index (χ4n) is 4.99. The number of amides is 1. The summed E-state index contributed by atoms with van der Waals surface area (Å²) in [6.45, 7) is 7.63. The van der Waals surface area contributed by atoms with Crippen LogP contribution >= 0.6 is 24.0 Å². The van der Waals surface area contributed by atoms with Gasteiger partial charge in [0.2, 0.25) is 0 Å². The van der Waals surface area contributed by atoms with Gasteiger partial charge >= 0.3 is 0 Å². The number of hydrogen-bond acceptors (Lipinski definition) is 5. The number of thioether (sulfide) groups is 1. The second-order valence-corrected chi connectivity index (χ2v) is 12.4. The van der Waals surface area contributed by atoms with Crippen molar-refractivity contribution in [3.05, 3.63) is 107 Å². The van der Waals surface area contributed by atoms with Crippen LogP contribution in [0.25, 0.3) is 23.0 Å². The number of para-hydroxylation sites is 1. The molecule has 5 rings (SSSR count). The molecule has 1 amide bonds. The van der Waals surface area contributed by atoms with Gasteiger partial charge in [0, 0.05) is 23.9 Å². The smallest absolute Gasteiger partial charge is 0.266 e. The van der Waals surface area contributed by atoms with E-state index in [0.29, 0.717) is 28.3 Å². The number of hydrogen-bond donors (Lipinski definition) is 0. The lowest BCUT2D eigenvalue weighted by molar-refractivity contribution is -0.122. The number of ether oxygens (including phenoxy) is 1. The van der Waals surface area contributed by atoms with E-state index in [2.05, 4.69) is 45.0 Å². The Morgan fingerprint density at radius 2 is 1.81 bits per heavy atom. The number of carbonyl (C=O) groups is 1. The first-order valence-corrected chi connectivity index (χ1v) is 15.9. The number of aromatic nitrogens is 2. The summed E-state index contributed by atoms with van der Waals surface area (Å²) in [6, 6.07) is 26.3. The van der Waals surface area contributed by atoms with Crippen molar-refractivity contribution in [3.8, 4) is 22.7 Å². The normalized spacial score (nSPS) is 15.0. The molecule has 2 heterocycles. The standard InChI is InChI=1S/C35H37N3O2S2/c1-4-6-11-26(5-2)22-37-34(39)32(42-35(37)41)21-29-23-38(30-13-8-7-9-14-30)36-33(29)28-12-10-15-31(20-28)40-24-27-18-16-25(3)17-19-27/h7-10,12-21,23,26H,4-6,11,22,24H2,1-3H3/b32-21-. The minimum Gasteiger partial charge on any atom is -0.489 e. The highest BCUT2D eigenvalue weighted by molar-refractivity contribution is 8.26. The molecule has 1 aliphatic rings. The van der Waals surface area contributed by atoms with Crippen LogP contribution in [-0.2, 0) is 11.4 Å². The summed E-state index contributed by atoms with van der Waals surface area (Å²) in [4.78, 5) is 16.0. The van der Waals surface area contributed by atoms with Gasteiger partial charge < -0.3 is 4.74 Å². The lowest BCUT2D eigenvalue weighted by atomic mass is 9.99. The van der Waals surface area contributed by atoms with Crippen LogP contribution in [0.15, 0.2) is 90.0 Å². The number of aryl methyl sites for hydroxylation is 1. The maximum absolute atomic E-state index is 13.6. The molecule has 1 aromatic heterocycles. The van der Waals surface area contributed by atoms with Gasteiger partial charge in [0.15, 0.2) is 0 Å². The van der Waals surface area contributed by atoms with Crippen LogP contribution in [0.5, 0.6) is 5.75 Å². The first kappa shape index (κ1) is 29.8. The maximum Gasteiger partial charge on any atom is 0.266 e. The Labute approximate surface area is 258 Å². The van der Waals surface area contributed by atoms with E-state index in [9.17, 15) is 4.79 Å². The maximum atomic E-state index is 13.6. The van der Waals surface area contributed by atoms with E-state index in [1.54, 1.807) is 4.90 Å². The Hall–Kier alpha value is -3.68. The number of rotatable bonds is 12. The van der Waals surface area contributed by atoms with Crippen molar-refractivity contribution >= 4 is 40.3 Å². The number of unbranched alkanes of at least 4 members (excludes halogenated alkanes) is 1. The molecule has 3 aromatic carbocycles. The van der Waals surface area contributed by atoms with E-state index in [1.807, 2.05) is 71.6 Å². The number of carbonyl (C=O) groups excluding carboxylic acids is 1. The van der Waals surface area contributed by atoms with E-state index >= 15 is 0 Å².